The van der Waals surface area contributed by atoms with Gasteiger partial charge in [0.2, 0.25) is 5.91 Å². The fourth-order valence-corrected chi connectivity index (χ4v) is 4.09. The van der Waals surface area contributed by atoms with Gasteiger partial charge in [0, 0.05) is 43.8 Å². The first-order valence-corrected chi connectivity index (χ1v) is 9.06. The lowest BCUT2D eigenvalue weighted by molar-refractivity contribution is -0.129. The topological polar surface area (TPSA) is 79.9 Å². The van der Waals surface area contributed by atoms with Crippen LogP contribution < -0.4 is 15.4 Å². The summed E-state index contributed by atoms with van der Waals surface area (Å²) in [6.07, 6.45) is 1.55. The van der Waals surface area contributed by atoms with E-state index in [1.165, 1.54) is 7.11 Å². The Kier molecular flexibility index (Phi) is 5.58. The van der Waals surface area contributed by atoms with Crippen LogP contribution in [-0.4, -0.2) is 57.3 Å². The van der Waals surface area contributed by atoms with Crippen molar-refractivity contribution in [3.05, 3.63) is 23.2 Å². The average molecular weight is 382 g/mol. The first-order chi connectivity index (χ1) is 12.5. The molecule has 2 N–H and O–H groups in total. The van der Waals surface area contributed by atoms with Crippen molar-refractivity contribution in [2.45, 2.75) is 12.8 Å². The van der Waals surface area contributed by atoms with Crippen molar-refractivity contribution >= 4 is 29.2 Å². The highest BCUT2D eigenvalue weighted by Gasteiger charge is 2.51. The second-order valence-corrected chi connectivity index (χ2v) is 7.23. The molecule has 2 fully saturated rings. The van der Waals surface area contributed by atoms with Crippen LogP contribution in [0, 0.1) is 11.3 Å². The number of halogens is 1. The highest BCUT2D eigenvalue weighted by molar-refractivity contribution is 6.31. The van der Waals surface area contributed by atoms with Crippen LogP contribution in [0.3, 0.4) is 0 Å². The molecule has 0 bridgehead atoms. The Morgan fingerprint density at radius 2 is 2.08 bits per heavy atom. The van der Waals surface area contributed by atoms with Crippen molar-refractivity contribution in [2.24, 2.45) is 11.3 Å². The Bertz CT molecular complexity index is 691. The van der Waals surface area contributed by atoms with E-state index in [1.54, 1.807) is 30.1 Å². The Morgan fingerprint density at radius 1 is 1.35 bits per heavy atom. The minimum Gasteiger partial charge on any atom is -0.495 e. The third-order valence-corrected chi connectivity index (χ3v) is 5.62. The number of carbonyl (C=O) groups excluding carboxylic acids is 2. The molecule has 2 aliphatic heterocycles. The van der Waals surface area contributed by atoms with E-state index in [2.05, 4.69) is 10.6 Å². The van der Waals surface area contributed by atoms with Gasteiger partial charge < -0.3 is 25.0 Å². The predicted molar refractivity (Wildman–Crippen MR) is 98.6 cm³/mol. The molecule has 2 heterocycles. The highest BCUT2D eigenvalue weighted by atomic mass is 35.5. The molecule has 1 aromatic carbocycles. The predicted octanol–water partition coefficient (Wildman–Crippen LogP) is 2.36. The van der Waals surface area contributed by atoms with E-state index < -0.39 is 0 Å². The van der Waals surface area contributed by atoms with Crippen LogP contribution in [0.1, 0.15) is 12.8 Å². The van der Waals surface area contributed by atoms with Crippen LogP contribution in [0.4, 0.5) is 10.5 Å². The highest BCUT2D eigenvalue weighted by Crippen LogP contribution is 2.44. The molecular formula is C18H24ClN3O4. The van der Waals surface area contributed by atoms with Gasteiger partial charge >= 0.3 is 6.03 Å². The maximum absolute atomic E-state index is 12.8. The van der Waals surface area contributed by atoms with E-state index >= 15 is 0 Å². The molecular weight excluding hydrogens is 358 g/mol. The normalized spacial score (nSPS) is 21.5. The number of hydrogen-bond donors (Lipinski definition) is 2. The minimum absolute atomic E-state index is 0.0254. The lowest BCUT2D eigenvalue weighted by Gasteiger charge is -2.36. The van der Waals surface area contributed by atoms with E-state index in [4.69, 9.17) is 21.1 Å². The van der Waals surface area contributed by atoms with Gasteiger partial charge in [-0.15, -0.1) is 0 Å². The van der Waals surface area contributed by atoms with Gasteiger partial charge in [0.25, 0.3) is 0 Å². The fourth-order valence-electron chi connectivity index (χ4n) is 3.92. The number of hydrogen-bond acceptors (Lipinski definition) is 4. The summed E-state index contributed by atoms with van der Waals surface area (Å²) in [6, 6.07) is 4.79. The van der Waals surface area contributed by atoms with Gasteiger partial charge in [-0.05, 0) is 31.0 Å². The number of urea groups is 1. The summed E-state index contributed by atoms with van der Waals surface area (Å²) in [4.78, 5) is 26.9. The van der Waals surface area contributed by atoms with E-state index in [0.29, 0.717) is 42.8 Å². The number of likely N-dealkylation sites (tertiary alicyclic amines) is 1. The Morgan fingerprint density at radius 3 is 2.73 bits per heavy atom. The van der Waals surface area contributed by atoms with Crippen LogP contribution in [-0.2, 0) is 9.53 Å². The number of benzene rings is 1. The number of anilines is 1. The molecule has 1 aromatic rings. The van der Waals surface area contributed by atoms with E-state index in [9.17, 15) is 9.59 Å². The molecule has 8 heteroatoms. The Balaban J connectivity index is 1.78. The smallest absolute Gasteiger partial charge is 0.321 e. The summed E-state index contributed by atoms with van der Waals surface area (Å²) < 4.78 is 10.7. The van der Waals surface area contributed by atoms with E-state index in [0.717, 1.165) is 12.8 Å². The number of ether oxygens (including phenoxy) is 2. The van der Waals surface area contributed by atoms with Gasteiger partial charge in [-0.25, -0.2) is 4.79 Å². The maximum atomic E-state index is 12.8. The molecule has 3 amide bonds. The van der Waals surface area contributed by atoms with Gasteiger partial charge in [0.05, 0.1) is 18.7 Å². The molecule has 2 aliphatic rings. The number of rotatable bonds is 3. The SMILES string of the molecule is CNC(=O)C1CN(C(=O)Nc2cc(Cl)ccc2OC)CC12CCOCC2. The molecule has 0 aliphatic carbocycles. The van der Waals surface area contributed by atoms with Gasteiger partial charge in [0.1, 0.15) is 5.75 Å². The molecule has 3 rings (SSSR count). The van der Waals surface area contributed by atoms with Crippen LogP contribution >= 0.6 is 11.6 Å². The molecule has 142 valence electrons. The van der Waals surface area contributed by atoms with Crippen LogP contribution in [0.2, 0.25) is 5.02 Å². The van der Waals surface area contributed by atoms with E-state index in [-0.39, 0.29) is 23.3 Å². The summed E-state index contributed by atoms with van der Waals surface area (Å²) in [6.45, 7) is 2.15. The summed E-state index contributed by atoms with van der Waals surface area (Å²) in [5.74, 6) is 0.275. The number of nitrogens with one attached hydrogen (secondary N) is 2. The maximum Gasteiger partial charge on any atom is 0.321 e. The lowest BCUT2D eigenvalue weighted by atomic mass is 9.72. The van der Waals surface area contributed by atoms with Crippen LogP contribution in [0.5, 0.6) is 5.75 Å². The second kappa shape index (κ2) is 7.72. The summed E-state index contributed by atoms with van der Waals surface area (Å²) in [5, 5.41) is 6.10. The summed E-state index contributed by atoms with van der Waals surface area (Å²) in [5.41, 5.74) is 0.281. The molecule has 7 nitrogen and oxygen atoms in total. The van der Waals surface area contributed by atoms with Crippen molar-refractivity contribution in [1.29, 1.82) is 0 Å². The summed E-state index contributed by atoms with van der Waals surface area (Å²) >= 11 is 6.03. The largest absolute Gasteiger partial charge is 0.495 e. The zero-order chi connectivity index (χ0) is 18.7. The van der Waals surface area contributed by atoms with E-state index in [1.807, 2.05) is 0 Å². The quantitative estimate of drug-likeness (QED) is 0.842. The Labute approximate surface area is 158 Å². The van der Waals surface area contributed by atoms with Crippen LogP contribution in [0.15, 0.2) is 18.2 Å². The number of carbonyl (C=O) groups is 2. The van der Waals surface area contributed by atoms with Crippen molar-refractivity contribution in [2.75, 3.05) is 45.8 Å². The van der Waals surface area contributed by atoms with Crippen molar-refractivity contribution in [1.82, 2.24) is 10.2 Å². The number of methoxy groups -OCH3 is 1. The number of nitrogens with zero attached hydrogens (tertiary/aromatic N) is 1. The first-order valence-electron chi connectivity index (χ1n) is 8.68. The molecule has 0 radical (unpaired) electrons. The summed E-state index contributed by atoms with van der Waals surface area (Å²) in [7, 11) is 3.17. The minimum atomic E-state index is -0.261. The molecule has 26 heavy (non-hydrogen) atoms. The lowest BCUT2D eigenvalue weighted by Crippen LogP contribution is -2.43. The fraction of sp³-hybridized carbons (Fsp3) is 0.556. The van der Waals surface area contributed by atoms with Crippen molar-refractivity contribution < 1.29 is 19.1 Å². The van der Waals surface area contributed by atoms with Gasteiger partial charge in [0.15, 0.2) is 0 Å². The molecule has 0 aromatic heterocycles. The third-order valence-electron chi connectivity index (χ3n) is 5.39. The van der Waals surface area contributed by atoms with Crippen LogP contribution in [0.25, 0.3) is 0 Å². The molecule has 0 saturated carbocycles. The average Bonchev–Trinajstić information content (AvgIpc) is 3.00. The molecule has 1 spiro atoms. The zero-order valence-electron chi connectivity index (χ0n) is 15.0. The van der Waals surface area contributed by atoms with Crippen molar-refractivity contribution in [3.8, 4) is 5.75 Å². The third kappa shape index (κ3) is 3.59. The molecule has 1 unspecified atom stereocenters. The zero-order valence-corrected chi connectivity index (χ0v) is 15.8. The van der Waals surface area contributed by atoms with Gasteiger partial charge in [-0.3, -0.25) is 4.79 Å². The monoisotopic (exact) mass is 381 g/mol. The van der Waals surface area contributed by atoms with Gasteiger partial charge in [-0.2, -0.15) is 0 Å². The molecule has 1 atom stereocenters. The standard InChI is InChI=1S/C18H24ClN3O4/c1-20-16(23)13-10-22(11-18(13)5-7-26-8-6-18)17(24)21-14-9-12(19)3-4-15(14)25-2/h3-4,9,13H,5-8,10-11H2,1-2H3,(H,20,23)(H,21,24). The number of amides is 3. The van der Waals surface area contributed by atoms with Gasteiger partial charge in [-0.1, -0.05) is 11.6 Å². The van der Waals surface area contributed by atoms with Crippen molar-refractivity contribution in [3.63, 3.8) is 0 Å². The molecule has 2 saturated heterocycles. The second-order valence-electron chi connectivity index (χ2n) is 6.80. The first kappa shape index (κ1) is 18.8. The Hall–Kier alpha value is -1.99.